The van der Waals surface area contributed by atoms with Crippen LogP contribution >= 0.6 is 0 Å². The largest absolute Gasteiger partial charge is 0.368 e. The van der Waals surface area contributed by atoms with Crippen molar-refractivity contribution in [1.82, 2.24) is 5.32 Å². The molecule has 0 saturated carbocycles. The first-order valence-corrected chi connectivity index (χ1v) is 7.86. The predicted octanol–water partition coefficient (Wildman–Crippen LogP) is 3.19. The highest BCUT2D eigenvalue weighted by atomic mass is 16.5. The molecule has 1 fully saturated rings. The number of benzene rings is 2. The molecule has 2 aromatic rings. The zero-order valence-corrected chi connectivity index (χ0v) is 12.6. The molecule has 1 amide bonds. The van der Waals surface area contributed by atoms with Crippen molar-refractivity contribution >= 4 is 5.91 Å². The SMILES string of the molecule is O=C(NCCc1ccc(-c2ccccc2)cc1)C1CCCO1. The van der Waals surface area contributed by atoms with Gasteiger partial charge in [-0.2, -0.15) is 0 Å². The highest BCUT2D eigenvalue weighted by molar-refractivity contribution is 5.80. The van der Waals surface area contributed by atoms with Gasteiger partial charge in [-0.25, -0.2) is 0 Å². The lowest BCUT2D eigenvalue weighted by molar-refractivity contribution is -0.129. The van der Waals surface area contributed by atoms with Gasteiger partial charge in [-0.1, -0.05) is 54.6 Å². The van der Waals surface area contributed by atoms with E-state index < -0.39 is 0 Å². The summed E-state index contributed by atoms with van der Waals surface area (Å²) in [7, 11) is 0. The average molecular weight is 295 g/mol. The summed E-state index contributed by atoms with van der Waals surface area (Å²) >= 11 is 0. The van der Waals surface area contributed by atoms with E-state index in [9.17, 15) is 4.79 Å². The lowest BCUT2D eigenvalue weighted by atomic mass is 10.0. The van der Waals surface area contributed by atoms with Crippen molar-refractivity contribution < 1.29 is 9.53 Å². The van der Waals surface area contributed by atoms with Crippen molar-refractivity contribution in [3.8, 4) is 11.1 Å². The van der Waals surface area contributed by atoms with Crippen molar-refractivity contribution in [2.24, 2.45) is 0 Å². The lowest BCUT2D eigenvalue weighted by Gasteiger charge is -2.10. The van der Waals surface area contributed by atoms with Crippen LogP contribution in [0.4, 0.5) is 0 Å². The van der Waals surface area contributed by atoms with E-state index in [4.69, 9.17) is 4.74 Å². The Hall–Kier alpha value is -2.13. The van der Waals surface area contributed by atoms with Crippen LogP contribution in [0.5, 0.6) is 0 Å². The van der Waals surface area contributed by atoms with E-state index in [0.29, 0.717) is 13.2 Å². The summed E-state index contributed by atoms with van der Waals surface area (Å²) in [4.78, 5) is 11.8. The quantitative estimate of drug-likeness (QED) is 0.920. The van der Waals surface area contributed by atoms with Crippen LogP contribution < -0.4 is 5.32 Å². The van der Waals surface area contributed by atoms with Crippen molar-refractivity contribution in [3.63, 3.8) is 0 Å². The maximum absolute atomic E-state index is 11.8. The molecule has 114 valence electrons. The first-order chi connectivity index (χ1) is 10.8. The molecule has 0 bridgehead atoms. The maximum atomic E-state index is 11.8. The Morgan fingerprint density at radius 1 is 1.05 bits per heavy atom. The summed E-state index contributed by atoms with van der Waals surface area (Å²) in [5.74, 6) is 0.0263. The number of hydrogen-bond acceptors (Lipinski definition) is 2. The average Bonchev–Trinajstić information content (AvgIpc) is 3.11. The Bertz CT molecular complexity index is 601. The van der Waals surface area contributed by atoms with Gasteiger partial charge in [0.1, 0.15) is 6.10 Å². The molecule has 1 saturated heterocycles. The van der Waals surface area contributed by atoms with Crippen molar-refractivity contribution in [2.45, 2.75) is 25.4 Å². The molecule has 0 aromatic heterocycles. The number of ether oxygens (including phenoxy) is 1. The summed E-state index contributed by atoms with van der Waals surface area (Å²) in [6, 6.07) is 18.8. The first-order valence-electron chi connectivity index (χ1n) is 7.86. The molecular formula is C19H21NO2. The molecule has 1 aliphatic heterocycles. The highest BCUT2D eigenvalue weighted by Crippen LogP contribution is 2.19. The molecule has 2 aromatic carbocycles. The van der Waals surface area contributed by atoms with E-state index in [1.807, 2.05) is 18.2 Å². The fourth-order valence-corrected chi connectivity index (χ4v) is 2.72. The predicted molar refractivity (Wildman–Crippen MR) is 87.6 cm³/mol. The topological polar surface area (TPSA) is 38.3 Å². The second-order valence-corrected chi connectivity index (χ2v) is 5.61. The van der Waals surface area contributed by atoms with Crippen molar-refractivity contribution in [1.29, 1.82) is 0 Å². The molecule has 0 aliphatic carbocycles. The van der Waals surface area contributed by atoms with E-state index in [1.165, 1.54) is 16.7 Å². The van der Waals surface area contributed by atoms with Crippen LogP contribution in [0.3, 0.4) is 0 Å². The summed E-state index contributed by atoms with van der Waals surface area (Å²) in [5, 5.41) is 2.96. The first kappa shape index (κ1) is 14.8. The van der Waals surface area contributed by atoms with E-state index in [-0.39, 0.29) is 12.0 Å². The number of carbonyl (C=O) groups excluding carboxylic acids is 1. The maximum Gasteiger partial charge on any atom is 0.249 e. The number of nitrogens with one attached hydrogen (secondary N) is 1. The molecule has 3 nitrogen and oxygen atoms in total. The molecule has 1 unspecified atom stereocenters. The molecule has 1 N–H and O–H groups in total. The second-order valence-electron chi connectivity index (χ2n) is 5.61. The third-order valence-electron chi connectivity index (χ3n) is 4.00. The summed E-state index contributed by atoms with van der Waals surface area (Å²) < 4.78 is 5.37. The molecule has 3 heteroatoms. The summed E-state index contributed by atoms with van der Waals surface area (Å²) in [6.07, 6.45) is 2.44. The van der Waals surface area contributed by atoms with Gasteiger partial charge in [-0.15, -0.1) is 0 Å². The van der Waals surface area contributed by atoms with Crippen LogP contribution in [0.1, 0.15) is 18.4 Å². The summed E-state index contributed by atoms with van der Waals surface area (Å²) in [6.45, 7) is 1.36. The molecule has 1 atom stereocenters. The molecule has 1 aliphatic rings. The van der Waals surface area contributed by atoms with Gasteiger partial charge in [-0.05, 0) is 36.0 Å². The molecule has 0 radical (unpaired) electrons. The normalized spacial score (nSPS) is 17.4. The van der Waals surface area contributed by atoms with E-state index >= 15 is 0 Å². The van der Waals surface area contributed by atoms with Gasteiger partial charge in [0.2, 0.25) is 5.91 Å². The van der Waals surface area contributed by atoms with Gasteiger partial charge in [0.25, 0.3) is 0 Å². The smallest absolute Gasteiger partial charge is 0.249 e. The van der Waals surface area contributed by atoms with Gasteiger partial charge in [-0.3, -0.25) is 4.79 Å². The van der Waals surface area contributed by atoms with Gasteiger partial charge >= 0.3 is 0 Å². The van der Waals surface area contributed by atoms with Crippen LogP contribution in [0.2, 0.25) is 0 Å². The highest BCUT2D eigenvalue weighted by Gasteiger charge is 2.22. The van der Waals surface area contributed by atoms with Crippen LogP contribution in [0, 0.1) is 0 Å². The molecule has 1 heterocycles. The van der Waals surface area contributed by atoms with Crippen LogP contribution in [0.15, 0.2) is 54.6 Å². The Morgan fingerprint density at radius 2 is 1.77 bits per heavy atom. The minimum absolute atomic E-state index is 0.0263. The number of hydrogen-bond donors (Lipinski definition) is 1. The molecule has 3 rings (SSSR count). The number of amides is 1. The van der Waals surface area contributed by atoms with E-state index in [0.717, 1.165) is 19.3 Å². The fourth-order valence-electron chi connectivity index (χ4n) is 2.72. The van der Waals surface area contributed by atoms with Gasteiger partial charge < -0.3 is 10.1 Å². The van der Waals surface area contributed by atoms with Gasteiger partial charge in [0.05, 0.1) is 0 Å². The fraction of sp³-hybridized carbons (Fsp3) is 0.316. The molecular weight excluding hydrogens is 274 g/mol. The number of rotatable bonds is 5. The van der Waals surface area contributed by atoms with Crippen molar-refractivity contribution in [3.05, 3.63) is 60.2 Å². The van der Waals surface area contributed by atoms with Crippen LogP contribution in [-0.4, -0.2) is 25.2 Å². The van der Waals surface area contributed by atoms with E-state index in [1.54, 1.807) is 0 Å². The third kappa shape index (κ3) is 3.74. The molecule has 0 spiro atoms. The second kappa shape index (κ2) is 7.23. The zero-order chi connectivity index (χ0) is 15.2. The van der Waals surface area contributed by atoms with Gasteiger partial charge in [0.15, 0.2) is 0 Å². The Balaban J connectivity index is 1.50. The zero-order valence-electron chi connectivity index (χ0n) is 12.6. The Morgan fingerprint density at radius 3 is 2.45 bits per heavy atom. The minimum Gasteiger partial charge on any atom is -0.368 e. The van der Waals surface area contributed by atoms with Crippen molar-refractivity contribution in [2.75, 3.05) is 13.2 Å². The van der Waals surface area contributed by atoms with E-state index in [2.05, 4.69) is 41.7 Å². The van der Waals surface area contributed by atoms with Crippen LogP contribution in [-0.2, 0) is 16.0 Å². The van der Waals surface area contributed by atoms with Gasteiger partial charge in [0, 0.05) is 13.2 Å². The van der Waals surface area contributed by atoms with Crippen LogP contribution in [0.25, 0.3) is 11.1 Å². The summed E-state index contributed by atoms with van der Waals surface area (Å²) in [5.41, 5.74) is 3.67. The molecule has 22 heavy (non-hydrogen) atoms. The third-order valence-corrected chi connectivity index (χ3v) is 4.00. The standard InChI is InChI=1S/C19H21NO2/c21-19(18-7-4-14-22-18)20-13-12-15-8-10-17(11-9-15)16-5-2-1-3-6-16/h1-3,5-6,8-11,18H,4,7,12-14H2,(H,20,21). The Labute approximate surface area is 131 Å². The lowest BCUT2D eigenvalue weighted by Crippen LogP contribution is -2.35. The minimum atomic E-state index is -0.236. The number of carbonyl (C=O) groups is 1. The monoisotopic (exact) mass is 295 g/mol. The Kier molecular flexibility index (Phi) is 4.86.